The monoisotopic (exact) mass is 943 g/mol. The number of anilines is 9. The van der Waals surface area contributed by atoms with Crippen LogP contribution in [-0.2, 0) is 4.57 Å². The average molecular weight is 944 g/mol. The molecular formula is C63H49B3N3O2P. The predicted octanol–water partition coefficient (Wildman–Crippen LogP) is 8.64. The van der Waals surface area contributed by atoms with E-state index in [0.717, 1.165) is 67.2 Å². The highest BCUT2D eigenvalue weighted by molar-refractivity contribution is 7.87. The number of ether oxygens (including phenoxy) is 1. The minimum atomic E-state index is -3.52. The van der Waals surface area contributed by atoms with E-state index in [1.54, 1.807) is 0 Å². The Hall–Kier alpha value is -7.40. The summed E-state index contributed by atoms with van der Waals surface area (Å²) in [4.78, 5) is 7.59. The number of benzene rings is 9. The number of hydrogen-bond acceptors (Lipinski definition) is 5. The Labute approximate surface area is 422 Å². The topological polar surface area (TPSA) is 36.0 Å². The molecule has 0 aliphatic carbocycles. The fraction of sp³-hybridized carbons (Fsp3) is 0.143. The van der Waals surface area contributed by atoms with Gasteiger partial charge in [-0.15, -0.1) is 0 Å². The number of fused-ring (bicyclic) bond motifs is 20. The summed E-state index contributed by atoms with van der Waals surface area (Å²) < 4.78 is 24.8. The van der Waals surface area contributed by atoms with Gasteiger partial charge >= 0.3 is 0 Å². The van der Waals surface area contributed by atoms with Gasteiger partial charge in [0.15, 0.2) is 7.14 Å². The minimum absolute atomic E-state index is 0.0716. The molecule has 72 heavy (non-hydrogen) atoms. The lowest BCUT2D eigenvalue weighted by atomic mass is 9.28. The number of para-hydroxylation sites is 6. The van der Waals surface area contributed by atoms with Gasteiger partial charge in [-0.2, -0.15) is 0 Å². The van der Waals surface area contributed by atoms with E-state index in [9.17, 15) is 0 Å². The van der Waals surface area contributed by atoms with E-state index in [1.165, 1.54) is 77.2 Å². The minimum Gasteiger partial charge on any atom is -0.458 e. The van der Waals surface area contributed by atoms with Gasteiger partial charge < -0.3 is 24.0 Å². The third kappa shape index (κ3) is 4.88. The molecule has 16 rings (SSSR count). The van der Waals surface area contributed by atoms with Gasteiger partial charge in [0.25, 0.3) is 20.1 Å². The highest BCUT2D eigenvalue weighted by Crippen LogP contribution is 2.63. The van der Waals surface area contributed by atoms with Gasteiger partial charge in [-0.05, 0) is 127 Å². The smallest absolute Gasteiger partial charge is 0.252 e. The maximum atomic E-state index is 17.5. The average Bonchev–Trinajstić information content (AvgIpc) is 3.41. The lowest BCUT2D eigenvalue weighted by Crippen LogP contribution is -2.71. The second-order valence-corrected chi connectivity index (χ2v) is 24.6. The molecule has 342 valence electrons. The summed E-state index contributed by atoms with van der Waals surface area (Å²) in [6.07, 6.45) is 0. The normalized spacial score (nSPS) is 16.9. The molecule has 0 N–H and O–H groups in total. The van der Waals surface area contributed by atoms with Gasteiger partial charge in [0.2, 0.25) is 0 Å². The Bertz CT molecular complexity index is 3970. The maximum absolute atomic E-state index is 17.5. The van der Waals surface area contributed by atoms with Crippen LogP contribution in [0.5, 0.6) is 11.5 Å². The van der Waals surface area contributed by atoms with Crippen LogP contribution in [0.1, 0.15) is 76.0 Å². The number of rotatable bonds is 4. The van der Waals surface area contributed by atoms with Crippen LogP contribution in [0.2, 0.25) is 0 Å². The summed E-state index contributed by atoms with van der Waals surface area (Å²) in [6, 6.07) is 63.0. The zero-order valence-corrected chi connectivity index (χ0v) is 42.1. The van der Waals surface area contributed by atoms with Gasteiger partial charge in [0.05, 0.1) is 28.1 Å². The van der Waals surface area contributed by atoms with Crippen LogP contribution in [0.25, 0.3) is 0 Å². The van der Waals surface area contributed by atoms with E-state index in [-0.39, 0.29) is 20.1 Å². The molecule has 9 aromatic carbocycles. The van der Waals surface area contributed by atoms with Crippen molar-refractivity contribution in [1.82, 2.24) is 0 Å². The lowest BCUT2D eigenvalue weighted by Gasteiger charge is -2.55. The van der Waals surface area contributed by atoms with E-state index < -0.39 is 7.14 Å². The fourth-order valence-electron chi connectivity index (χ4n) is 14.5. The van der Waals surface area contributed by atoms with Gasteiger partial charge in [-0.1, -0.05) is 162 Å². The van der Waals surface area contributed by atoms with E-state index in [2.05, 4.69) is 226 Å². The Morgan fingerprint density at radius 3 is 1.33 bits per heavy atom. The molecular weight excluding hydrogens is 894 g/mol. The highest BCUT2D eigenvalue weighted by atomic mass is 31.2. The highest BCUT2D eigenvalue weighted by Gasteiger charge is 2.60. The van der Waals surface area contributed by atoms with Crippen LogP contribution in [0.3, 0.4) is 0 Å². The molecule has 1 unspecified atom stereocenters. The van der Waals surface area contributed by atoms with Crippen molar-refractivity contribution in [3.8, 4) is 11.5 Å². The molecule has 0 saturated heterocycles. The van der Waals surface area contributed by atoms with Crippen LogP contribution in [-0.4, -0.2) is 20.1 Å². The van der Waals surface area contributed by atoms with E-state index >= 15 is 4.57 Å². The SMILES string of the molecule is CC(C)c1cc(C(C)C)c(B2c3ccccc3Oc3cc4c(cc32)B2c3ccccc3N3c5ccccc5P5(=O)c6ccccc6N6c7ccccc7B7c8ccccc8N4c4c7c6c5c3c42)c(C(C)C)c1. The van der Waals surface area contributed by atoms with Crippen LogP contribution in [0, 0.1) is 0 Å². The quantitative estimate of drug-likeness (QED) is 0.131. The van der Waals surface area contributed by atoms with Crippen molar-refractivity contribution in [2.75, 3.05) is 14.7 Å². The number of hydrogen-bond donors (Lipinski definition) is 0. The largest absolute Gasteiger partial charge is 0.458 e. The Morgan fingerprint density at radius 1 is 0.389 bits per heavy atom. The van der Waals surface area contributed by atoms with Crippen LogP contribution in [0.15, 0.2) is 170 Å². The van der Waals surface area contributed by atoms with Crippen LogP contribution >= 0.6 is 7.14 Å². The molecule has 7 aliphatic rings. The standard InChI is InChI=1S/C63H49B3N3O2P/c1-35(2)38-31-39(36(3)4)57(40(32-38)37(5)6)66-44-22-10-16-28-53(44)71-54-34-52-45(33-46(54)66)65-43-21-9-12-24-48(43)68-51-27-15-18-30-56(51)72(70)55-29-17-14-26-50(55)67-47-23-11-7-19-41(47)64-42-20-8-13-25-49(42)69(52)60-58(64)61(67)63(72)62(68)59(60)65/h7-37H,1-6H3. The molecule has 0 fully saturated rings. The predicted molar refractivity (Wildman–Crippen MR) is 306 cm³/mol. The van der Waals surface area contributed by atoms with E-state index in [1.807, 2.05) is 0 Å². The molecule has 0 bridgehead atoms. The Kier molecular flexibility index (Phi) is 8.12. The summed E-state index contributed by atoms with van der Waals surface area (Å²) in [5, 5.41) is 2.77. The number of nitrogens with zero attached hydrogens (tertiary/aromatic N) is 3. The zero-order valence-electron chi connectivity index (χ0n) is 41.2. The van der Waals surface area contributed by atoms with E-state index in [0.29, 0.717) is 17.8 Å². The van der Waals surface area contributed by atoms with Gasteiger partial charge in [0.1, 0.15) is 11.5 Å². The summed E-state index contributed by atoms with van der Waals surface area (Å²) in [7, 11) is -3.52. The molecule has 0 radical (unpaired) electrons. The first-order valence-corrected chi connectivity index (χ1v) is 27.7. The third-order valence-electron chi connectivity index (χ3n) is 17.4. The third-order valence-corrected chi connectivity index (χ3v) is 20.5. The molecule has 9 heteroatoms. The van der Waals surface area contributed by atoms with Gasteiger partial charge in [0, 0.05) is 45.1 Å². The summed E-state index contributed by atoms with van der Waals surface area (Å²) in [5.41, 5.74) is 25.4. The molecule has 5 nitrogen and oxygen atoms in total. The van der Waals surface area contributed by atoms with Gasteiger partial charge in [-0.3, -0.25) is 0 Å². The first-order chi connectivity index (χ1) is 35.1. The molecule has 9 aromatic rings. The van der Waals surface area contributed by atoms with Crippen molar-refractivity contribution in [3.05, 3.63) is 187 Å². The summed E-state index contributed by atoms with van der Waals surface area (Å²) >= 11 is 0. The Morgan fingerprint density at radius 2 is 0.819 bits per heavy atom. The molecule has 7 heterocycles. The second-order valence-electron chi connectivity index (χ2n) is 22.0. The van der Waals surface area contributed by atoms with Crippen molar-refractivity contribution in [2.45, 2.75) is 59.3 Å². The molecule has 7 aliphatic heterocycles. The molecule has 0 aromatic heterocycles. The van der Waals surface area contributed by atoms with Crippen molar-refractivity contribution < 1.29 is 9.30 Å². The second kappa shape index (κ2) is 14.2. The maximum Gasteiger partial charge on any atom is 0.252 e. The fourth-order valence-corrected chi connectivity index (χ4v) is 17.8. The first kappa shape index (κ1) is 41.2. The van der Waals surface area contributed by atoms with Gasteiger partial charge in [-0.25, -0.2) is 0 Å². The van der Waals surface area contributed by atoms with Crippen molar-refractivity contribution in [1.29, 1.82) is 0 Å². The van der Waals surface area contributed by atoms with Crippen LogP contribution < -0.4 is 84.5 Å². The molecule has 0 amide bonds. The van der Waals surface area contributed by atoms with Crippen molar-refractivity contribution >= 4 is 144 Å². The molecule has 0 spiro atoms. The summed E-state index contributed by atoms with van der Waals surface area (Å²) in [6.45, 7) is 13.8. The Balaban J connectivity index is 1.08. The molecule has 1 atom stereocenters. The summed E-state index contributed by atoms with van der Waals surface area (Å²) in [5.74, 6) is 2.82. The lowest BCUT2D eigenvalue weighted by molar-refractivity contribution is 0.487. The van der Waals surface area contributed by atoms with Crippen LogP contribution in [0.4, 0.5) is 51.2 Å². The zero-order chi connectivity index (χ0) is 48.2. The van der Waals surface area contributed by atoms with E-state index in [4.69, 9.17) is 4.74 Å². The molecule has 0 saturated carbocycles. The van der Waals surface area contributed by atoms with Crippen molar-refractivity contribution in [2.24, 2.45) is 0 Å². The van der Waals surface area contributed by atoms with Crippen molar-refractivity contribution in [3.63, 3.8) is 0 Å². The first-order valence-electron chi connectivity index (χ1n) is 26.0.